The van der Waals surface area contributed by atoms with Crippen molar-refractivity contribution in [1.29, 1.82) is 0 Å². The van der Waals surface area contributed by atoms with E-state index in [1.165, 1.54) is 25.8 Å². The standard InChI is InChI=1S/C18H17ClN2O3S/c1-9-14(17(23)24-4)15(12-5-7-13(19)8-6-12)21-10(2)16(11(3)22)25-18(21)20-9/h5-8,15H,1-4H3/t15-/m1/s1. The normalized spacial score (nSPS) is 19.8. The Morgan fingerprint density at radius 2 is 1.88 bits per heavy atom. The highest BCUT2D eigenvalue weighted by Gasteiger charge is 2.42. The smallest absolute Gasteiger partial charge is 0.338 e. The number of halogens is 1. The van der Waals surface area contributed by atoms with Gasteiger partial charge in [0.05, 0.1) is 29.3 Å². The zero-order valence-corrected chi connectivity index (χ0v) is 15.9. The van der Waals surface area contributed by atoms with Gasteiger partial charge in [0.15, 0.2) is 11.0 Å². The second-order valence-electron chi connectivity index (χ2n) is 5.78. The topological polar surface area (TPSA) is 59.0 Å². The number of rotatable bonds is 3. The van der Waals surface area contributed by atoms with E-state index in [4.69, 9.17) is 16.3 Å². The van der Waals surface area contributed by atoms with Crippen LogP contribution >= 0.6 is 23.4 Å². The van der Waals surface area contributed by atoms with E-state index in [1.54, 1.807) is 19.1 Å². The highest BCUT2D eigenvalue weighted by atomic mass is 35.5. The Morgan fingerprint density at radius 1 is 1.24 bits per heavy atom. The lowest BCUT2D eigenvalue weighted by Gasteiger charge is -2.35. The highest BCUT2D eigenvalue weighted by Crippen LogP contribution is 2.47. The van der Waals surface area contributed by atoms with Gasteiger partial charge in [-0.1, -0.05) is 23.7 Å². The first-order valence-electron chi connectivity index (χ1n) is 7.67. The molecular formula is C18H17ClN2O3S. The van der Waals surface area contributed by atoms with E-state index in [0.717, 1.165) is 11.3 Å². The van der Waals surface area contributed by atoms with Gasteiger partial charge in [0, 0.05) is 10.7 Å². The number of carbonyl (C=O) groups excluding carboxylic acids is 2. The van der Waals surface area contributed by atoms with Crippen LogP contribution in [0.1, 0.15) is 32.4 Å². The molecule has 5 nitrogen and oxygen atoms in total. The van der Waals surface area contributed by atoms with E-state index in [2.05, 4.69) is 4.99 Å². The van der Waals surface area contributed by atoms with E-state index < -0.39 is 12.0 Å². The molecule has 2 aliphatic rings. The largest absolute Gasteiger partial charge is 0.466 e. The van der Waals surface area contributed by atoms with Crippen LogP contribution in [-0.2, 0) is 14.3 Å². The van der Waals surface area contributed by atoms with Gasteiger partial charge in [-0.05, 0) is 50.2 Å². The van der Waals surface area contributed by atoms with Crippen LogP contribution in [0.15, 0.2) is 51.1 Å². The number of nitrogens with zero attached hydrogens (tertiary/aromatic N) is 2. The molecule has 0 bridgehead atoms. The summed E-state index contributed by atoms with van der Waals surface area (Å²) in [5, 5.41) is 1.30. The minimum Gasteiger partial charge on any atom is -0.466 e. The summed E-state index contributed by atoms with van der Waals surface area (Å²) in [4.78, 5) is 31.5. The number of benzene rings is 1. The molecule has 3 rings (SSSR count). The van der Waals surface area contributed by atoms with Crippen molar-refractivity contribution in [3.05, 3.63) is 56.7 Å². The summed E-state index contributed by atoms with van der Waals surface area (Å²) in [5.41, 5.74) is 2.70. The van der Waals surface area contributed by atoms with Gasteiger partial charge in [-0.2, -0.15) is 0 Å². The molecule has 1 aromatic rings. The maximum atomic E-state index is 12.4. The van der Waals surface area contributed by atoms with E-state index in [-0.39, 0.29) is 5.78 Å². The van der Waals surface area contributed by atoms with E-state index >= 15 is 0 Å². The van der Waals surface area contributed by atoms with Crippen molar-refractivity contribution >= 4 is 40.3 Å². The first kappa shape index (κ1) is 17.8. The first-order chi connectivity index (χ1) is 11.8. The van der Waals surface area contributed by atoms with Crippen molar-refractivity contribution in [2.75, 3.05) is 7.11 Å². The van der Waals surface area contributed by atoms with Gasteiger partial charge in [0.25, 0.3) is 0 Å². The highest BCUT2D eigenvalue weighted by molar-refractivity contribution is 8.18. The quantitative estimate of drug-likeness (QED) is 0.744. The first-order valence-corrected chi connectivity index (χ1v) is 8.86. The Morgan fingerprint density at radius 3 is 2.44 bits per heavy atom. The molecular weight excluding hydrogens is 360 g/mol. The van der Waals surface area contributed by atoms with Crippen molar-refractivity contribution in [2.24, 2.45) is 4.99 Å². The number of methoxy groups -OCH3 is 1. The monoisotopic (exact) mass is 376 g/mol. The molecule has 0 radical (unpaired) electrons. The summed E-state index contributed by atoms with van der Waals surface area (Å²) in [6.45, 7) is 5.18. The maximum absolute atomic E-state index is 12.4. The van der Waals surface area contributed by atoms with Crippen LogP contribution in [0.25, 0.3) is 0 Å². The number of ether oxygens (including phenoxy) is 1. The molecule has 1 atom stereocenters. The molecule has 0 amide bonds. The predicted molar refractivity (Wildman–Crippen MR) is 99.2 cm³/mol. The summed E-state index contributed by atoms with van der Waals surface area (Å²) < 4.78 is 4.98. The molecule has 1 aromatic carbocycles. The fraction of sp³-hybridized carbons (Fsp3) is 0.278. The SMILES string of the molecule is COC(=O)C1=C(C)N=C2SC(C(C)=O)=C(C)N2[C@@H]1c1ccc(Cl)cc1. The van der Waals surface area contributed by atoms with Crippen LogP contribution in [0.5, 0.6) is 0 Å². The van der Waals surface area contributed by atoms with Crippen molar-refractivity contribution in [1.82, 2.24) is 4.90 Å². The summed E-state index contributed by atoms with van der Waals surface area (Å²) in [6, 6.07) is 6.88. The molecule has 7 heteroatoms. The molecule has 0 unspecified atom stereocenters. The van der Waals surface area contributed by atoms with Crippen LogP contribution < -0.4 is 0 Å². The molecule has 0 aromatic heterocycles. The van der Waals surface area contributed by atoms with Crippen molar-refractivity contribution < 1.29 is 14.3 Å². The molecule has 0 aliphatic carbocycles. The molecule has 25 heavy (non-hydrogen) atoms. The van der Waals surface area contributed by atoms with Gasteiger partial charge in [0.2, 0.25) is 0 Å². The van der Waals surface area contributed by atoms with Gasteiger partial charge in [-0.15, -0.1) is 0 Å². The molecule has 0 saturated carbocycles. The lowest BCUT2D eigenvalue weighted by Crippen LogP contribution is -2.35. The van der Waals surface area contributed by atoms with Crippen LogP contribution in [-0.4, -0.2) is 28.9 Å². The van der Waals surface area contributed by atoms with Crippen LogP contribution in [0.3, 0.4) is 0 Å². The Bertz CT molecular complexity index is 856. The number of thioether (sulfide) groups is 1. The minimum atomic E-state index is -0.436. The number of aliphatic imine (C=N–C) groups is 1. The number of fused-ring (bicyclic) bond motifs is 1. The third-order valence-electron chi connectivity index (χ3n) is 4.18. The number of hydrogen-bond donors (Lipinski definition) is 0. The van der Waals surface area contributed by atoms with Gasteiger partial charge >= 0.3 is 5.97 Å². The van der Waals surface area contributed by atoms with E-state index in [1.807, 2.05) is 24.0 Å². The summed E-state index contributed by atoms with van der Waals surface area (Å²) >= 11 is 7.34. The number of amidine groups is 1. The van der Waals surface area contributed by atoms with Gasteiger partial charge in [-0.3, -0.25) is 4.79 Å². The van der Waals surface area contributed by atoms with Crippen LogP contribution in [0.4, 0.5) is 0 Å². The number of Topliss-reactive ketones (excluding diaryl/α,β-unsaturated/α-hetero) is 1. The summed E-state index contributed by atoms with van der Waals surface area (Å²) in [5.74, 6) is -0.457. The fourth-order valence-electron chi connectivity index (χ4n) is 3.04. The molecule has 0 fully saturated rings. The Hall–Kier alpha value is -2.05. The zero-order chi connectivity index (χ0) is 18.3. The van der Waals surface area contributed by atoms with Crippen LogP contribution in [0, 0.1) is 0 Å². The molecule has 0 N–H and O–H groups in total. The van der Waals surface area contributed by atoms with Gasteiger partial charge < -0.3 is 9.64 Å². The average molecular weight is 377 g/mol. The maximum Gasteiger partial charge on any atom is 0.338 e. The number of carbonyl (C=O) groups is 2. The lowest BCUT2D eigenvalue weighted by atomic mass is 9.94. The van der Waals surface area contributed by atoms with Crippen molar-refractivity contribution in [3.8, 4) is 0 Å². The Balaban J connectivity index is 2.20. The second kappa shape index (κ2) is 6.69. The molecule has 0 saturated heterocycles. The van der Waals surface area contributed by atoms with Crippen molar-refractivity contribution in [3.63, 3.8) is 0 Å². The molecule has 0 spiro atoms. The minimum absolute atomic E-state index is 0.0215. The molecule has 130 valence electrons. The van der Waals surface area contributed by atoms with E-state index in [9.17, 15) is 9.59 Å². The van der Waals surface area contributed by atoms with Gasteiger partial charge in [0.1, 0.15) is 0 Å². The zero-order valence-electron chi connectivity index (χ0n) is 14.3. The Labute approximate surface area is 155 Å². The molecule has 2 heterocycles. The number of hydrogen-bond acceptors (Lipinski definition) is 6. The number of esters is 1. The fourth-order valence-corrected chi connectivity index (χ4v) is 4.26. The third-order valence-corrected chi connectivity index (χ3v) is 5.69. The number of ketones is 1. The third kappa shape index (κ3) is 3.00. The number of allylic oxidation sites excluding steroid dienone is 3. The lowest BCUT2D eigenvalue weighted by molar-refractivity contribution is -0.136. The van der Waals surface area contributed by atoms with Crippen molar-refractivity contribution in [2.45, 2.75) is 26.8 Å². The average Bonchev–Trinajstić information content (AvgIpc) is 2.90. The van der Waals surface area contributed by atoms with Gasteiger partial charge in [-0.25, -0.2) is 9.79 Å². The Kier molecular flexibility index (Phi) is 4.75. The second-order valence-corrected chi connectivity index (χ2v) is 7.20. The molecule has 2 aliphatic heterocycles. The van der Waals surface area contributed by atoms with Crippen LogP contribution in [0.2, 0.25) is 5.02 Å². The van der Waals surface area contributed by atoms with E-state index in [0.29, 0.717) is 26.4 Å². The summed E-state index contributed by atoms with van der Waals surface area (Å²) in [7, 11) is 1.35. The predicted octanol–water partition coefficient (Wildman–Crippen LogP) is 4.07. The summed E-state index contributed by atoms with van der Waals surface area (Å²) in [6.07, 6.45) is 0.